The first-order valence-corrected chi connectivity index (χ1v) is 7.58. The fourth-order valence-corrected chi connectivity index (χ4v) is 3.13. The van der Waals surface area contributed by atoms with Gasteiger partial charge in [0, 0.05) is 10.6 Å². The maximum atomic E-state index is 12.2. The zero-order chi connectivity index (χ0) is 14.8. The topological polar surface area (TPSA) is 57.8 Å². The van der Waals surface area contributed by atoms with Crippen LogP contribution in [0.4, 0.5) is 0 Å². The van der Waals surface area contributed by atoms with Crippen molar-refractivity contribution < 1.29 is 4.79 Å². The molecule has 4 nitrogen and oxygen atoms in total. The van der Waals surface area contributed by atoms with Gasteiger partial charge < -0.3 is 5.32 Å². The molecule has 2 heterocycles. The molecule has 0 saturated heterocycles. The van der Waals surface area contributed by atoms with Crippen LogP contribution < -0.4 is 5.32 Å². The van der Waals surface area contributed by atoms with Gasteiger partial charge in [-0.05, 0) is 29.9 Å². The van der Waals surface area contributed by atoms with Crippen LogP contribution in [-0.4, -0.2) is 16.1 Å². The molecule has 1 unspecified atom stereocenters. The van der Waals surface area contributed by atoms with E-state index in [1.54, 1.807) is 11.3 Å². The summed E-state index contributed by atoms with van der Waals surface area (Å²) in [6.07, 6.45) is 0.308. The molecule has 0 bridgehead atoms. The summed E-state index contributed by atoms with van der Waals surface area (Å²) < 4.78 is 0. The maximum absolute atomic E-state index is 12.2. The highest BCUT2D eigenvalue weighted by atomic mass is 32.1. The van der Waals surface area contributed by atoms with Crippen LogP contribution in [0.3, 0.4) is 0 Å². The van der Waals surface area contributed by atoms with E-state index in [1.165, 1.54) is 4.88 Å². The summed E-state index contributed by atoms with van der Waals surface area (Å²) in [5.41, 5.74) is 1.72. The van der Waals surface area contributed by atoms with Gasteiger partial charge in [0.25, 0.3) is 0 Å². The van der Waals surface area contributed by atoms with Gasteiger partial charge in [-0.3, -0.25) is 9.89 Å². The second-order valence-corrected chi connectivity index (χ2v) is 7.08. The van der Waals surface area contributed by atoms with Gasteiger partial charge in [0.1, 0.15) is 0 Å². The molecular formula is C15H21N3OS. The number of hydrogen-bond donors (Lipinski definition) is 2. The van der Waals surface area contributed by atoms with E-state index in [-0.39, 0.29) is 17.4 Å². The predicted molar refractivity (Wildman–Crippen MR) is 81.7 cm³/mol. The third-order valence-corrected chi connectivity index (χ3v) is 4.04. The summed E-state index contributed by atoms with van der Waals surface area (Å²) in [5.74, 6) is 0.00447. The monoisotopic (exact) mass is 291 g/mol. The van der Waals surface area contributed by atoms with Crippen molar-refractivity contribution in [3.05, 3.63) is 39.8 Å². The maximum Gasteiger partial charge on any atom is 0.226 e. The molecule has 5 heteroatoms. The van der Waals surface area contributed by atoms with Crippen molar-refractivity contribution >= 4 is 17.2 Å². The second kappa shape index (κ2) is 5.79. The van der Waals surface area contributed by atoms with Gasteiger partial charge in [-0.1, -0.05) is 26.8 Å². The van der Waals surface area contributed by atoms with Gasteiger partial charge in [-0.25, -0.2) is 0 Å². The first kappa shape index (κ1) is 14.8. The Morgan fingerprint density at radius 2 is 2.25 bits per heavy atom. The lowest BCUT2D eigenvalue weighted by Gasteiger charge is -2.30. The molecule has 0 aromatic carbocycles. The molecule has 0 saturated carbocycles. The zero-order valence-corrected chi connectivity index (χ0v) is 13.2. The van der Waals surface area contributed by atoms with Crippen molar-refractivity contribution in [1.82, 2.24) is 15.5 Å². The number of nitrogens with one attached hydrogen (secondary N) is 2. The quantitative estimate of drug-likeness (QED) is 0.908. The van der Waals surface area contributed by atoms with Crippen LogP contribution >= 0.6 is 11.3 Å². The number of carbonyl (C=O) groups excluding carboxylic acids is 1. The number of thiophene rings is 1. The smallest absolute Gasteiger partial charge is 0.226 e. The Bertz CT molecular complexity index is 566. The van der Waals surface area contributed by atoms with E-state index >= 15 is 0 Å². The highest BCUT2D eigenvalue weighted by Gasteiger charge is 2.28. The highest BCUT2D eigenvalue weighted by Crippen LogP contribution is 2.35. The fourth-order valence-electron chi connectivity index (χ4n) is 2.11. The van der Waals surface area contributed by atoms with E-state index in [1.807, 2.05) is 24.4 Å². The number of nitrogens with zero attached hydrogens (tertiary/aromatic N) is 1. The lowest BCUT2D eigenvalue weighted by atomic mass is 9.85. The molecule has 2 rings (SSSR count). The molecule has 1 atom stereocenters. The average molecular weight is 291 g/mol. The molecule has 108 valence electrons. The Balaban J connectivity index is 2.06. The van der Waals surface area contributed by atoms with E-state index in [0.29, 0.717) is 6.42 Å². The van der Waals surface area contributed by atoms with Crippen molar-refractivity contribution in [2.24, 2.45) is 5.41 Å². The third-order valence-electron chi connectivity index (χ3n) is 3.10. The number of aryl methyl sites for hydroxylation is 1. The van der Waals surface area contributed by atoms with Crippen molar-refractivity contribution in [1.29, 1.82) is 0 Å². The number of amides is 1. The standard InChI is InChI=1S/C15H21N3OS/c1-10-8-11(18-17-10)9-13(19)16-14(15(2,3)4)12-6-5-7-20-12/h5-8,14H,9H2,1-4H3,(H,16,19)(H,17,18). The van der Waals surface area contributed by atoms with Crippen molar-refractivity contribution in [3.63, 3.8) is 0 Å². The van der Waals surface area contributed by atoms with Gasteiger partial charge in [-0.2, -0.15) is 5.10 Å². The molecule has 0 aliphatic carbocycles. The third kappa shape index (κ3) is 3.70. The number of carbonyl (C=O) groups is 1. The normalized spacial score (nSPS) is 13.2. The summed E-state index contributed by atoms with van der Waals surface area (Å²) in [6.45, 7) is 8.33. The van der Waals surface area contributed by atoms with Crippen LogP contribution in [0.15, 0.2) is 23.6 Å². The van der Waals surface area contributed by atoms with E-state index in [2.05, 4.69) is 42.4 Å². The molecule has 2 aromatic heterocycles. The second-order valence-electron chi connectivity index (χ2n) is 6.10. The van der Waals surface area contributed by atoms with E-state index in [4.69, 9.17) is 0 Å². The molecule has 0 radical (unpaired) electrons. The lowest BCUT2D eigenvalue weighted by Crippen LogP contribution is -2.37. The summed E-state index contributed by atoms with van der Waals surface area (Å²) in [7, 11) is 0. The Morgan fingerprint density at radius 3 is 2.75 bits per heavy atom. The molecule has 1 amide bonds. The minimum atomic E-state index is -0.0258. The fraction of sp³-hybridized carbons (Fsp3) is 0.467. The van der Waals surface area contributed by atoms with E-state index in [0.717, 1.165) is 11.4 Å². The number of aromatic amines is 1. The minimum absolute atomic E-state index is 0.00447. The largest absolute Gasteiger partial charge is 0.348 e. The summed E-state index contributed by atoms with van der Waals surface area (Å²) in [4.78, 5) is 13.4. The van der Waals surface area contributed by atoms with Crippen molar-refractivity contribution in [2.45, 2.75) is 40.2 Å². The van der Waals surface area contributed by atoms with E-state index < -0.39 is 0 Å². The lowest BCUT2D eigenvalue weighted by molar-refractivity contribution is -0.122. The summed E-state index contributed by atoms with van der Waals surface area (Å²) in [5, 5.41) is 12.1. The molecule has 0 aliphatic heterocycles. The molecule has 2 aromatic rings. The molecule has 2 N–H and O–H groups in total. The van der Waals surface area contributed by atoms with Gasteiger partial charge in [-0.15, -0.1) is 11.3 Å². The van der Waals surface area contributed by atoms with Crippen LogP contribution in [-0.2, 0) is 11.2 Å². The molecule has 0 spiro atoms. The molecule has 0 fully saturated rings. The molecular weight excluding hydrogens is 270 g/mol. The van der Waals surface area contributed by atoms with E-state index in [9.17, 15) is 4.79 Å². The zero-order valence-electron chi connectivity index (χ0n) is 12.4. The summed E-state index contributed by atoms with van der Waals surface area (Å²) in [6, 6.07) is 6.01. The predicted octanol–water partition coefficient (Wildman–Crippen LogP) is 3.23. The highest BCUT2D eigenvalue weighted by molar-refractivity contribution is 7.10. The SMILES string of the molecule is Cc1cc(CC(=O)NC(c2cccs2)C(C)(C)C)n[nH]1. The number of aromatic nitrogens is 2. The van der Waals surface area contributed by atoms with Gasteiger partial charge in [0.15, 0.2) is 0 Å². The number of hydrogen-bond acceptors (Lipinski definition) is 3. The Labute approximate surface area is 123 Å². The minimum Gasteiger partial charge on any atom is -0.348 e. The van der Waals surface area contributed by atoms with Gasteiger partial charge in [0.2, 0.25) is 5.91 Å². The Morgan fingerprint density at radius 1 is 1.50 bits per heavy atom. The number of H-pyrrole nitrogens is 1. The average Bonchev–Trinajstić information content (AvgIpc) is 2.96. The number of rotatable bonds is 4. The van der Waals surface area contributed by atoms with Crippen molar-refractivity contribution in [3.8, 4) is 0 Å². The van der Waals surface area contributed by atoms with Crippen LogP contribution in [0.1, 0.15) is 43.1 Å². The first-order valence-electron chi connectivity index (χ1n) is 6.70. The van der Waals surface area contributed by atoms with Crippen LogP contribution in [0, 0.1) is 12.3 Å². The van der Waals surface area contributed by atoms with Crippen LogP contribution in [0.25, 0.3) is 0 Å². The Kier molecular flexibility index (Phi) is 4.28. The van der Waals surface area contributed by atoms with Gasteiger partial charge >= 0.3 is 0 Å². The van der Waals surface area contributed by atoms with Crippen molar-refractivity contribution in [2.75, 3.05) is 0 Å². The summed E-state index contributed by atoms with van der Waals surface area (Å²) >= 11 is 1.67. The first-order chi connectivity index (χ1) is 9.36. The molecule has 20 heavy (non-hydrogen) atoms. The molecule has 0 aliphatic rings. The van der Waals surface area contributed by atoms with Crippen LogP contribution in [0.5, 0.6) is 0 Å². The van der Waals surface area contributed by atoms with Crippen LogP contribution in [0.2, 0.25) is 0 Å². The van der Waals surface area contributed by atoms with Gasteiger partial charge in [0.05, 0.1) is 18.2 Å². The Hall–Kier alpha value is -1.62.